The van der Waals surface area contributed by atoms with E-state index in [0.29, 0.717) is 34.2 Å². The Hall–Kier alpha value is -3.02. The van der Waals surface area contributed by atoms with Gasteiger partial charge in [-0.1, -0.05) is 13.0 Å². The van der Waals surface area contributed by atoms with Gasteiger partial charge in [-0.25, -0.2) is 0 Å². The summed E-state index contributed by atoms with van der Waals surface area (Å²) in [5.41, 5.74) is 1.55. The number of benzene rings is 2. The van der Waals surface area contributed by atoms with Crippen LogP contribution in [0, 0.1) is 5.92 Å². The molecule has 28 heavy (non-hydrogen) atoms. The predicted octanol–water partition coefficient (Wildman–Crippen LogP) is 3.83. The molecule has 3 rings (SSSR count). The van der Waals surface area contributed by atoms with Crippen molar-refractivity contribution in [1.82, 2.24) is 4.90 Å². The van der Waals surface area contributed by atoms with Gasteiger partial charge in [0.25, 0.3) is 11.8 Å². The molecule has 2 amide bonds. The highest BCUT2D eigenvalue weighted by Gasteiger charge is 2.22. The normalized spacial score (nSPS) is 14.5. The van der Waals surface area contributed by atoms with Crippen molar-refractivity contribution < 1.29 is 19.1 Å². The van der Waals surface area contributed by atoms with E-state index in [1.54, 1.807) is 42.5 Å². The second-order valence-corrected chi connectivity index (χ2v) is 7.04. The first-order valence-corrected chi connectivity index (χ1v) is 9.45. The van der Waals surface area contributed by atoms with Crippen LogP contribution in [0.5, 0.6) is 11.5 Å². The minimum absolute atomic E-state index is 0.0381. The average molecular weight is 382 g/mol. The predicted molar refractivity (Wildman–Crippen MR) is 108 cm³/mol. The second-order valence-electron chi connectivity index (χ2n) is 7.04. The van der Waals surface area contributed by atoms with Crippen LogP contribution in [0.4, 0.5) is 5.69 Å². The van der Waals surface area contributed by atoms with E-state index < -0.39 is 0 Å². The lowest BCUT2D eigenvalue weighted by atomic mass is 9.98. The van der Waals surface area contributed by atoms with Crippen LogP contribution in [-0.4, -0.2) is 44.0 Å². The fraction of sp³-hybridized carbons (Fsp3) is 0.364. The highest BCUT2D eigenvalue weighted by Crippen LogP contribution is 2.29. The Morgan fingerprint density at radius 2 is 1.54 bits per heavy atom. The lowest BCUT2D eigenvalue weighted by molar-refractivity contribution is 0.0697. The van der Waals surface area contributed by atoms with Gasteiger partial charge in [0.05, 0.1) is 14.2 Å². The molecule has 0 radical (unpaired) electrons. The second kappa shape index (κ2) is 8.78. The molecular formula is C22H26N2O4. The minimum atomic E-state index is -0.335. The van der Waals surface area contributed by atoms with Crippen LogP contribution in [0.25, 0.3) is 0 Å². The molecule has 1 N–H and O–H groups in total. The van der Waals surface area contributed by atoms with Crippen LogP contribution in [0.3, 0.4) is 0 Å². The van der Waals surface area contributed by atoms with Gasteiger partial charge in [-0.05, 0) is 55.2 Å². The number of rotatable bonds is 5. The molecule has 0 aromatic heterocycles. The summed E-state index contributed by atoms with van der Waals surface area (Å²) in [5.74, 6) is 1.24. The summed E-state index contributed by atoms with van der Waals surface area (Å²) in [7, 11) is 3.01. The smallest absolute Gasteiger partial charge is 0.263 e. The van der Waals surface area contributed by atoms with E-state index in [1.807, 2.05) is 4.90 Å². The third kappa shape index (κ3) is 4.27. The fourth-order valence-electron chi connectivity index (χ4n) is 3.36. The zero-order valence-electron chi connectivity index (χ0n) is 16.5. The first-order chi connectivity index (χ1) is 13.5. The van der Waals surface area contributed by atoms with Crippen molar-refractivity contribution >= 4 is 17.5 Å². The third-order valence-corrected chi connectivity index (χ3v) is 5.12. The number of carbonyl (C=O) groups excluding carboxylic acids is 2. The minimum Gasteiger partial charge on any atom is -0.496 e. The molecule has 0 saturated carbocycles. The largest absolute Gasteiger partial charge is 0.496 e. The Kier molecular flexibility index (Phi) is 6.19. The molecule has 148 valence electrons. The molecule has 1 saturated heterocycles. The van der Waals surface area contributed by atoms with Gasteiger partial charge in [-0.15, -0.1) is 0 Å². The Balaban J connectivity index is 1.71. The van der Waals surface area contributed by atoms with E-state index in [-0.39, 0.29) is 11.8 Å². The number of hydrogen-bond donors (Lipinski definition) is 1. The number of piperidine rings is 1. The molecule has 1 aliphatic rings. The number of likely N-dealkylation sites (tertiary alicyclic amines) is 1. The van der Waals surface area contributed by atoms with Crippen molar-refractivity contribution in [3.05, 3.63) is 53.6 Å². The molecule has 6 nitrogen and oxygen atoms in total. The van der Waals surface area contributed by atoms with Crippen molar-refractivity contribution in [2.75, 3.05) is 32.6 Å². The molecule has 2 aromatic carbocycles. The Morgan fingerprint density at radius 3 is 2.07 bits per heavy atom. The number of ether oxygens (including phenoxy) is 2. The van der Waals surface area contributed by atoms with E-state index in [2.05, 4.69) is 12.2 Å². The maximum absolute atomic E-state index is 12.7. The van der Waals surface area contributed by atoms with Crippen LogP contribution in [0.15, 0.2) is 42.5 Å². The first-order valence-electron chi connectivity index (χ1n) is 9.45. The van der Waals surface area contributed by atoms with Gasteiger partial charge in [0, 0.05) is 24.3 Å². The summed E-state index contributed by atoms with van der Waals surface area (Å²) in [4.78, 5) is 27.3. The van der Waals surface area contributed by atoms with Crippen molar-refractivity contribution in [2.45, 2.75) is 19.8 Å². The number of nitrogens with zero attached hydrogens (tertiary/aromatic N) is 1. The summed E-state index contributed by atoms with van der Waals surface area (Å²) >= 11 is 0. The molecule has 0 atom stereocenters. The molecule has 0 bridgehead atoms. The van der Waals surface area contributed by atoms with E-state index >= 15 is 0 Å². The SMILES string of the molecule is COc1cccc(OC)c1C(=O)Nc1ccc(C(=O)N2CCC(C)CC2)cc1. The number of nitrogens with one attached hydrogen (secondary N) is 1. The summed E-state index contributed by atoms with van der Waals surface area (Å²) in [6.45, 7) is 3.81. The van der Waals surface area contributed by atoms with E-state index in [9.17, 15) is 9.59 Å². The molecule has 2 aromatic rings. The third-order valence-electron chi connectivity index (χ3n) is 5.12. The van der Waals surface area contributed by atoms with Crippen molar-refractivity contribution in [2.24, 2.45) is 5.92 Å². The Labute approximate surface area is 165 Å². The van der Waals surface area contributed by atoms with Gasteiger partial charge in [-0.2, -0.15) is 0 Å². The van der Waals surface area contributed by atoms with Crippen LogP contribution >= 0.6 is 0 Å². The van der Waals surface area contributed by atoms with E-state index in [4.69, 9.17) is 9.47 Å². The standard InChI is InChI=1S/C22H26N2O4/c1-15-11-13-24(14-12-15)22(26)16-7-9-17(10-8-16)23-21(25)20-18(27-2)5-4-6-19(20)28-3/h4-10,15H,11-14H2,1-3H3,(H,23,25). The number of amides is 2. The lowest BCUT2D eigenvalue weighted by Gasteiger charge is -2.30. The average Bonchev–Trinajstić information content (AvgIpc) is 2.73. The van der Waals surface area contributed by atoms with Crippen LogP contribution in [0.2, 0.25) is 0 Å². The maximum Gasteiger partial charge on any atom is 0.263 e. The number of anilines is 1. The van der Waals surface area contributed by atoms with Gasteiger partial charge in [0.1, 0.15) is 17.1 Å². The van der Waals surface area contributed by atoms with E-state index in [1.165, 1.54) is 14.2 Å². The van der Waals surface area contributed by atoms with Crippen molar-refractivity contribution in [3.63, 3.8) is 0 Å². The molecule has 0 unspecified atom stereocenters. The Bertz CT molecular complexity index is 818. The lowest BCUT2D eigenvalue weighted by Crippen LogP contribution is -2.37. The van der Waals surface area contributed by atoms with Gasteiger partial charge in [0.2, 0.25) is 0 Å². The van der Waals surface area contributed by atoms with E-state index in [0.717, 1.165) is 25.9 Å². The molecule has 1 heterocycles. The summed E-state index contributed by atoms with van der Waals surface area (Å²) in [5, 5.41) is 2.84. The molecular weight excluding hydrogens is 356 g/mol. The number of methoxy groups -OCH3 is 2. The number of hydrogen-bond acceptors (Lipinski definition) is 4. The quantitative estimate of drug-likeness (QED) is 0.853. The van der Waals surface area contributed by atoms with Crippen LogP contribution in [-0.2, 0) is 0 Å². The highest BCUT2D eigenvalue weighted by molar-refractivity contribution is 6.08. The molecule has 1 fully saturated rings. The molecule has 0 spiro atoms. The van der Waals surface area contributed by atoms with Gasteiger partial charge >= 0.3 is 0 Å². The number of carbonyl (C=O) groups is 2. The molecule has 1 aliphatic heterocycles. The first kappa shape index (κ1) is 19.7. The zero-order valence-corrected chi connectivity index (χ0v) is 16.5. The fourth-order valence-corrected chi connectivity index (χ4v) is 3.36. The maximum atomic E-state index is 12.7. The summed E-state index contributed by atoms with van der Waals surface area (Å²) in [6.07, 6.45) is 2.08. The zero-order chi connectivity index (χ0) is 20.1. The van der Waals surface area contributed by atoms with Crippen molar-refractivity contribution in [1.29, 1.82) is 0 Å². The monoisotopic (exact) mass is 382 g/mol. The van der Waals surface area contributed by atoms with Gasteiger partial charge in [-0.3, -0.25) is 9.59 Å². The van der Waals surface area contributed by atoms with Crippen LogP contribution in [0.1, 0.15) is 40.5 Å². The molecule has 0 aliphatic carbocycles. The summed E-state index contributed by atoms with van der Waals surface area (Å²) in [6, 6.07) is 12.1. The van der Waals surface area contributed by atoms with Gasteiger partial charge < -0.3 is 19.7 Å². The van der Waals surface area contributed by atoms with Crippen LogP contribution < -0.4 is 14.8 Å². The van der Waals surface area contributed by atoms with Gasteiger partial charge in [0.15, 0.2) is 0 Å². The topological polar surface area (TPSA) is 67.9 Å². The summed E-state index contributed by atoms with van der Waals surface area (Å²) < 4.78 is 10.6. The highest BCUT2D eigenvalue weighted by atomic mass is 16.5. The molecule has 6 heteroatoms. The Morgan fingerprint density at radius 1 is 0.964 bits per heavy atom. The van der Waals surface area contributed by atoms with Crippen molar-refractivity contribution in [3.8, 4) is 11.5 Å².